The van der Waals surface area contributed by atoms with Crippen LogP contribution >= 0.6 is 0 Å². The van der Waals surface area contributed by atoms with E-state index >= 15 is 0 Å². The number of piperidine rings is 1. The second-order valence-electron chi connectivity index (χ2n) is 6.93. The van der Waals surface area contributed by atoms with Crippen LogP contribution in [0.25, 0.3) is 0 Å². The van der Waals surface area contributed by atoms with Gasteiger partial charge in [-0.3, -0.25) is 4.79 Å². The molecule has 1 fully saturated rings. The number of rotatable bonds is 5. The van der Waals surface area contributed by atoms with Crippen molar-refractivity contribution in [3.63, 3.8) is 0 Å². The van der Waals surface area contributed by atoms with Gasteiger partial charge < -0.3 is 0 Å². The molecule has 1 aliphatic heterocycles. The van der Waals surface area contributed by atoms with Crippen molar-refractivity contribution in [1.82, 2.24) is 4.31 Å². The number of aryl methyl sites for hydroxylation is 1. The molecule has 0 N–H and O–H groups in total. The third-order valence-corrected chi connectivity index (χ3v) is 6.94. The molecule has 0 radical (unpaired) electrons. The highest BCUT2D eigenvalue weighted by Crippen LogP contribution is 2.38. The van der Waals surface area contributed by atoms with Crippen LogP contribution in [0.15, 0.2) is 59.5 Å². The van der Waals surface area contributed by atoms with Gasteiger partial charge in [-0.05, 0) is 43.4 Å². The molecule has 0 bridgehead atoms. The van der Waals surface area contributed by atoms with Gasteiger partial charge in [-0.15, -0.1) is 0 Å². The number of amides is 1. The number of nitrogens with zero attached hydrogens (tertiary/aromatic N) is 1. The van der Waals surface area contributed by atoms with Crippen molar-refractivity contribution in [3.8, 4) is 0 Å². The molecule has 3 rings (SSSR count). The van der Waals surface area contributed by atoms with Crippen LogP contribution in [-0.4, -0.2) is 25.2 Å². The van der Waals surface area contributed by atoms with Crippen LogP contribution in [0.3, 0.4) is 0 Å². The first-order valence-corrected chi connectivity index (χ1v) is 10.6. The molecule has 138 valence electrons. The number of sulfonamides is 1. The second-order valence-corrected chi connectivity index (χ2v) is 8.79. The lowest BCUT2D eigenvalue weighted by Crippen LogP contribution is -2.47. The van der Waals surface area contributed by atoms with Gasteiger partial charge in [0.15, 0.2) is 0 Å². The highest BCUT2D eigenvalue weighted by Gasteiger charge is 2.41. The monoisotopic (exact) mass is 371 g/mol. The molecule has 0 saturated carbocycles. The van der Waals surface area contributed by atoms with Crippen LogP contribution in [0, 0.1) is 12.8 Å². The molecular formula is C21H25NO3S. The fraction of sp³-hybridized carbons (Fsp3) is 0.381. The standard InChI is InChI=1S/C21H25NO3S/c1-3-7-20-19(17-8-5-4-6-9-17)14-15-22(21(20)23)26(24,25)18-12-10-16(2)11-13-18/h4-6,8-13,19-20H,3,7,14-15H2,1-2H3/t19-,20+/m1/s1. The number of benzene rings is 2. The van der Waals surface area contributed by atoms with Gasteiger partial charge in [0.05, 0.1) is 4.90 Å². The molecule has 2 atom stereocenters. The van der Waals surface area contributed by atoms with Crippen molar-refractivity contribution >= 4 is 15.9 Å². The largest absolute Gasteiger partial charge is 0.273 e. The van der Waals surface area contributed by atoms with Crippen LogP contribution in [0.2, 0.25) is 0 Å². The zero-order valence-corrected chi connectivity index (χ0v) is 16.1. The average molecular weight is 372 g/mol. The Balaban J connectivity index is 1.92. The van der Waals surface area contributed by atoms with Crippen molar-refractivity contribution in [3.05, 3.63) is 65.7 Å². The Morgan fingerprint density at radius 2 is 1.69 bits per heavy atom. The minimum Gasteiger partial charge on any atom is -0.273 e. The van der Waals surface area contributed by atoms with Crippen molar-refractivity contribution in [2.45, 2.75) is 43.9 Å². The van der Waals surface area contributed by atoms with E-state index in [1.54, 1.807) is 24.3 Å². The molecule has 1 aliphatic rings. The number of hydrogen-bond acceptors (Lipinski definition) is 3. The zero-order valence-electron chi connectivity index (χ0n) is 15.3. The number of hydrogen-bond donors (Lipinski definition) is 0. The third-order valence-electron chi connectivity index (χ3n) is 5.13. The van der Waals surface area contributed by atoms with Crippen molar-refractivity contribution in [2.75, 3.05) is 6.54 Å². The van der Waals surface area contributed by atoms with Gasteiger partial charge in [0.25, 0.3) is 10.0 Å². The van der Waals surface area contributed by atoms with E-state index in [4.69, 9.17) is 0 Å². The summed E-state index contributed by atoms with van der Waals surface area (Å²) >= 11 is 0. The second kappa shape index (κ2) is 7.62. The number of carbonyl (C=O) groups is 1. The molecule has 2 aromatic rings. The topological polar surface area (TPSA) is 54.5 Å². The summed E-state index contributed by atoms with van der Waals surface area (Å²) in [6.07, 6.45) is 2.20. The van der Waals surface area contributed by atoms with Gasteiger partial charge in [0.1, 0.15) is 0 Å². The Hall–Kier alpha value is -2.14. The summed E-state index contributed by atoms with van der Waals surface area (Å²) in [5, 5.41) is 0. The maximum atomic E-state index is 13.1. The molecule has 1 saturated heterocycles. The highest BCUT2D eigenvalue weighted by atomic mass is 32.2. The molecule has 0 aliphatic carbocycles. The molecule has 1 heterocycles. The van der Waals surface area contributed by atoms with Gasteiger partial charge in [-0.25, -0.2) is 12.7 Å². The van der Waals surface area contributed by atoms with Crippen LogP contribution in [-0.2, 0) is 14.8 Å². The summed E-state index contributed by atoms with van der Waals surface area (Å²) in [7, 11) is -3.80. The lowest BCUT2D eigenvalue weighted by molar-refractivity contribution is -0.134. The van der Waals surface area contributed by atoms with Gasteiger partial charge >= 0.3 is 0 Å². The minimum atomic E-state index is -3.80. The lowest BCUT2D eigenvalue weighted by atomic mass is 9.78. The molecule has 1 amide bonds. The summed E-state index contributed by atoms with van der Waals surface area (Å²) in [5.41, 5.74) is 2.11. The van der Waals surface area contributed by atoms with Crippen LogP contribution in [0.5, 0.6) is 0 Å². The third kappa shape index (κ3) is 3.54. The first-order valence-electron chi connectivity index (χ1n) is 9.13. The summed E-state index contributed by atoms with van der Waals surface area (Å²) in [6.45, 7) is 4.17. The Bertz CT molecular complexity index is 860. The Labute approximate surface area is 155 Å². The fourth-order valence-electron chi connectivity index (χ4n) is 3.74. The van der Waals surface area contributed by atoms with Crippen molar-refractivity contribution in [2.24, 2.45) is 5.92 Å². The van der Waals surface area contributed by atoms with E-state index in [0.717, 1.165) is 21.9 Å². The normalized spacial score (nSPS) is 21.0. The van der Waals surface area contributed by atoms with E-state index in [1.807, 2.05) is 44.2 Å². The molecule has 0 unspecified atom stereocenters. The Kier molecular flexibility index (Phi) is 5.47. The van der Waals surface area contributed by atoms with E-state index < -0.39 is 10.0 Å². The van der Waals surface area contributed by atoms with Crippen LogP contribution in [0.4, 0.5) is 0 Å². The average Bonchev–Trinajstić information content (AvgIpc) is 2.64. The smallest absolute Gasteiger partial charge is 0.266 e. The first kappa shape index (κ1) is 18.6. The quantitative estimate of drug-likeness (QED) is 0.794. The Morgan fingerprint density at radius 3 is 2.31 bits per heavy atom. The van der Waals surface area contributed by atoms with Crippen molar-refractivity contribution in [1.29, 1.82) is 0 Å². The van der Waals surface area contributed by atoms with E-state index in [2.05, 4.69) is 0 Å². The number of carbonyl (C=O) groups excluding carboxylic acids is 1. The van der Waals surface area contributed by atoms with E-state index in [9.17, 15) is 13.2 Å². The molecule has 4 nitrogen and oxygen atoms in total. The fourth-order valence-corrected chi connectivity index (χ4v) is 5.19. The summed E-state index contributed by atoms with van der Waals surface area (Å²) in [6, 6.07) is 16.6. The molecule has 26 heavy (non-hydrogen) atoms. The van der Waals surface area contributed by atoms with Crippen LogP contribution < -0.4 is 0 Å². The van der Waals surface area contributed by atoms with Crippen molar-refractivity contribution < 1.29 is 13.2 Å². The highest BCUT2D eigenvalue weighted by molar-refractivity contribution is 7.89. The molecule has 0 aromatic heterocycles. The predicted octanol–water partition coefficient (Wildman–Crippen LogP) is 4.12. The van der Waals surface area contributed by atoms with Gasteiger partial charge in [-0.2, -0.15) is 0 Å². The lowest BCUT2D eigenvalue weighted by Gasteiger charge is -2.37. The summed E-state index contributed by atoms with van der Waals surface area (Å²) in [4.78, 5) is 13.3. The van der Waals surface area contributed by atoms with E-state index in [0.29, 0.717) is 12.8 Å². The van der Waals surface area contributed by atoms with E-state index in [-0.39, 0.29) is 29.2 Å². The van der Waals surface area contributed by atoms with Gasteiger partial charge in [0, 0.05) is 12.5 Å². The predicted molar refractivity (Wildman–Crippen MR) is 102 cm³/mol. The van der Waals surface area contributed by atoms with Gasteiger partial charge in [-0.1, -0.05) is 61.4 Å². The molecule has 2 aromatic carbocycles. The van der Waals surface area contributed by atoms with E-state index in [1.165, 1.54) is 0 Å². The van der Waals surface area contributed by atoms with Crippen LogP contribution in [0.1, 0.15) is 43.2 Å². The zero-order chi connectivity index (χ0) is 18.7. The Morgan fingerprint density at radius 1 is 1.04 bits per heavy atom. The maximum Gasteiger partial charge on any atom is 0.266 e. The maximum absolute atomic E-state index is 13.1. The summed E-state index contributed by atoms with van der Waals surface area (Å²) in [5.74, 6) is -0.489. The molecular weight excluding hydrogens is 346 g/mol. The van der Waals surface area contributed by atoms with Gasteiger partial charge in [0.2, 0.25) is 5.91 Å². The SMILES string of the molecule is CCC[C@@H]1C(=O)N(S(=O)(=O)c2ccc(C)cc2)CC[C@@H]1c1ccccc1. The minimum absolute atomic E-state index is 0.0770. The molecule has 5 heteroatoms. The summed E-state index contributed by atoms with van der Waals surface area (Å²) < 4.78 is 27.1. The molecule has 0 spiro atoms. The first-order chi connectivity index (χ1) is 12.4.